The van der Waals surface area contributed by atoms with E-state index in [4.69, 9.17) is 4.74 Å². The molecular formula is C20H19N3O5. The Balaban J connectivity index is 1.91. The van der Waals surface area contributed by atoms with Gasteiger partial charge < -0.3 is 15.0 Å². The second-order valence-corrected chi connectivity index (χ2v) is 6.13. The average Bonchev–Trinajstić information content (AvgIpc) is 2.74. The highest BCUT2D eigenvalue weighted by molar-refractivity contribution is 6.05. The number of carbonyl (C=O) groups excluding carboxylic acids is 2. The van der Waals surface area contributed by atoms with Crippen LogP contribution in [0.2, 0.25) is 0 Å². The summed E-state index contributed by atoms with van der Waals surface area (Å²) in [6, 6.07) is 14.4. The van der Waals surface area contributed by atoms with Crippen LogP contribution in [0, 0.1) is 10.1 Å². The standard InChI is InChI=1S/C20H19N3O5/c24-19(16-6-2-1-3-7-16)21-18(20(25)22-9-11-28-12-10-22)14-15-5-4-8-17(13-15)23(26)27/h1-8,13-14H,9-12H2,(H,21,24)/b18-14-. The molecule has 2 aromatic rings. The van der Waals surface area contributed by atoms with E-state index in [9.17, 15) is 19.7 Å². The van der Waals surface area contributed by atoms with Crippen molar-refractivity contribution in [2.45, 2.75) is 0 Å². The Kier molecular flexibility index (Phi) is 6.13. The van der Waals surface area contributed by atoms with Gasteiger partial charge in [0.1, 0.15) is 5.70 Å². The molecule has 1 saturated heterocycles. The number of nitro benzene ring substituents is 1. The first-order valence-electron chi connectivity index (χ1n) is 8.74. The van der Waals surface area contributed by atoms with Crippen LogP contribution >= 0.6 is 0 Å². The maximum atomic E-state index is 12.9. The van der Waals surface area contributed by atoms with Crippen molar-refractivity contribution in [3.8, 4) is 0 Å². The number of nitrogens with one attached hydrogen (secondary N) is 1. The molecule has 1 N–H and O–H groups in total. The Bertz CT molecular complexity index is 905. The summed E-state index contributed by atoms with van der Waals surface area (Å²) in [7, 11) is 0. The molecule has 1 aliphatic heterocycles. The summed E-state index contributed by atoms with van der Waals surface area (Å²) < 4.78 is 5.26. The summed E-state index contributed by atoms with van der Waals surface area (Å²) in [4.78, 5) is 37.6. The SMILES string of the molecule is O=C(N/C(=C\c1cccc([N+](=O)[O-])c1)C(=O)N1CCOCC1)c1ccccc1. The van der Waals surface area contributed by atoms with E-state index in [1.54, 1.807) is 41.3 Å². The molecule has 0 radical (unpaired) electrons. The van der Waals surface area contributed by atoms with Gasteiger partial charge in [0.05, 0.1) is 18.1 Å². The molecule has 1 fully saturated rings. The molecule has 144 valence electrons. The summed E-state index contributed by atoms with van der Waals surface area (Å²) in [6.45, 7) is 1.66. The van der Waals surface area contributed by atoms with E-state index in [0.29, 0.717) is 37.4 Å². The van der Waals surface area contributed by atoms with Crippen molar-refractivity contribution in [1.82, 2.24) is 10.2 Å². The van der Waals surface area contributed by atoms with E-state index in [-0.39, 0.29) is 17.3 Å². The van der Waals surface area contributed by atoms with E-state index in [2.05, 4.69) is 5.32 Å². The van der Waals surface area contributed by atoms with Gasteiger partial charge >= 0.3 is 0 Å². The highest BCUT2D eigenvalue weighted by Crippen LogP contribution is 2.16. The fourth-order valence-electron chi connectivity index (χ4n) is 2.77. The van der Waals surface area contributed by atoms with Crippen LogP contribution in [0.4, 0.5) is 5.69 Å². The van der Waals surface area contributed by atoms with Gasteiger partial charge in [-0.3, -0.25) is 19.7 Å². The van der Waals surface area contributed by atoms with Gasteiger partial charge in [-0.25, -0.2) is 0 Å². The largest absolute Gasteiger partial charge is 0.378 e. The van der Waals surface area contributed by atoms with Gasteiger partial charge in [-0.1, -0.05) is 30.3 Å². The molecule has 0 saturated carbocycles. The predicted octanol–water partition coefficient (Wildman–Crippen LogP) is 2.22. The van der Waals surface area contributed by atoms with Crippen LogP contribution in [0.15, 0.2) is 60.3 Å². The molecule has 2 amide bonds. The molecule has 8 heteroatoms. The van der Waals surface area contributed by atoms with Crippen LogP contribution in [0.1, 0.15) is 15.9 Å². The smallest absolute Gasteiger partial charge is 0.270 e. The first-order chi connectivity index (χ1) is 13.5. The minimum absolute atomic E-state index is 0.0521. The van der Waals surface area contributed by atoms with Gasteiger partial charge in [-0.05, 0) is 23.8 Å². The zero-order valence-corrected chi connectivity index (χ0v) is 15.0. The fourth-order valence-corrected chi connectivity index (χ4v) is 2.77. The number of amides is 2. The molecule has 8 nitrogen and oxygen atoms in total. The van der Waals surface area contributed by atoms with Crippen molar-refractivity contribution in [1.29, 1.82) is 0 Å². The number of rotatable bonds is 5. The van der Waals surface area contributed by atoms with E-state index in [1.807, 2.05) is 0 Å². The topological polar surface area (TPSA) is 102 Å². The van der Waals surface area contributed by atoms with Crippen molar-refractivity contribution in [2.24, 2.45) is 0 Å². The van der Waals surface area contributed by atoms with Gasteiger partial charge in [0.2, 0.25) is 0 Å². The van der Waals surface area contributed by atoms with Gasteiger partial charge in [0.25, 0.3) is 17.5 Å². The molecule has 0 unspecified atom stereocenters. The fraction of sp³-hybridized carbons (Fsp3) is 0.200. The number of morpholine rings is 1. The molecular weight excluding hydrogens is 362 g/mol. The highest BCUT2D eigenvalue weighted by atomic mass is 16.6. The van der Waals surface area contributed by atoms with Crippen LogP contribution in [-0.2, 0) is 9.53 Å². The molecule has 0 atom stereocenters. The lowest BCUT2D eigenvalue weighted by atomic mass is 10.1. The van der Waals surface area contributed by atoms with Crippen LogP contribution in [-0.4, -0.2) is 47.9 Å². The van der Waals surface area contributed by atoms with Gasteiger partial charge in [0, 0.05) is 30.8 Å². The molecule has 0 aliphatic carbocycles. The summed E-state index contributed by atoms with van der Waals surface area (Å²) in [6.07, 6.45) is 1.45. The first-order valence-corrected chi connectivity index (χ1v) is 8.74. The second-order valence-electron chi connectivity index (χ2n) is 6.13. The molecule has 1 aliphatic rings. The molecule has 1 heterocycles. The van der Waals surface area contributed by atoms with Crippen molar-refractivity contribution < 1.29 is 19.2 Å². The molecule has 28 heavy (non-hydrogen) atoms. The Hall–Kier alpha value is -3.52. The minimum Gasteiger partial charge on any atom is -0.378 e. The van der Waals surface area contributed by atoms with Crippen molar-refractivity contribution in [2.75, 3.05) is 26.3 Å². The minimum atomic E-state index is -0.511. The lowest BCUT2D eigenvalue weighted by molar-refractivity contribution is -0.384. The number of carbonyl (C=O) groups is 2. The van der Waals surface area contributed by atoms with E-state index < -0.39 is 10.8 Å². The summed E-state index contributed by atoms with van der Waals surface area (Å²) in [5, 5.41) is 13.7. The molecule has 0 bridgehead atoms. The maximum Gasteiger partial charge on any atom is 0.270 e. The number of ether oxygens (including phenoxy) is 1. The van der Waals surface area contributed by atoms with Gasteiger partial charge in [0.15, 0.2) is 0 Å². The molecule has 3 rings (SSSR count). The van der Waals surface area contributed by atoms with E-state index in [1.165, 1.54) is 24.3 Å². The van der Waals surface area contributed by atoms with Gasteiger partial charge in [-0.2, -0.15) is 0 Å². The Morgan fingerprint density at radius 1 is 1.07 bits per heavy atom. The summed E-state index contributed by atoms with van der Waals surface area (Å²) in [5.41, 5.74) is 0.805. The Morgan fingerprint density at radius 3 is 2.46 bits per heavy atom. The van der Waals surface area contributed by atoms with Gasteiger partial charge in [-0.15, -0.1) is 0 Å². The third-order valence-corrected chi connectivity index (χ3v) is 4.20. The number of non-ortho nitro benzene ring substituents is 1. The molecule has 0 spiro atoms. The first kappa shape index (κ1) is 19.2. The van der Waals surface area contributed by atoms with E-state index >= 15 is 0 Å². The number of nitrogens with zero attached hydrogens (tertiary/aromatic N) is 2. The average molecular weight is 381 g/mol. The molecule has 0 aromatic heterocycles. The lowest BCUT2D eigenvalue weighted by Gasteiger charge is -2.27. The Morgan fingerprint density at radius 2 is 1.79 bits per heavy atom. The highest BCUT2D eigenvalue weighted by Gasteiger charge is 2.23. The second kappa shape index (κ2) is 8.92. The Labute approximate surface area is 161 Å². The predicted molar refractivity (Wildman–Crippen MR) is 102 cm³/mol. The number of nitro groups is 1. The van der Waals surface area contributed by atoms with Crippen LogP contribution in [0.5, 0.6) is 0 Å². The lowest BCUT2D eigenvalue weighted by Crippen LogP contribution is -2.44. The van der Waals surface area contributed by atoms with Crippen LogP contribution in [0.25, 0.3) is 6.08 Å². The van der Waals surface area contributed by atoms with Crippen molar-refractivity contribution >= 4 is 23.6 Å². The number of hydrogen-bond acceptors (Lipinski definition) is 5. The maximum absolute atomic E-state index is 12.9. The van der Waals surface area contributed by atoms with Crippen LogP contribution < -0.4 is 5.32 Å². The monoisotopic (exact) mass is 381 g/mol. The van der Waals surface area contributed by atoms with Crippen molar-refractivity contribution in [3.05, 3.63) is 81.5 Å². The summed E-state index contributed by atoms with van der Waals surface area (Å²) in [5.74, 6) is -0.794. The third-order valence-electron chi connectivity index (χ3n) is 4.20. The zero-order chi connectivity index (χ0) is 19.9. The quantitative estimate of drug-likeness (QED) is 0.486. The van der Waals surface area contributed by atoms with E-state index in [0.717, 1.165) is 0 Å². The zero-order valence-electron chi connectivity index (χ0n) is 15.0. The summed E-state index contributed by atoms with van der Waals surface area (Å²) >= 11 is 0. The normalized spacial score (nSPS) is 14.4. The number of benzene rings is 2. The number of hydrogen-bond donors (Lipinski definition) is 1. The molecule has 2 aromatic carbocycles. The van der Waals surface area contributed by atoms with Crippen molar-refractivity contribution in [3.63, 3.8) is 0 Å². The third kappa shape index (κ3) is 4.80. The van der Waals surface area contributed by atoms with Crippen LogP contribution in [0.3, 0.4) is 0 Å².